The maximum atomic E-state index is 13.0. The van der Waals surface area contributed by atoms with E-state index in [4.69, 9.17) is 16.3 Å². The van der Waals surface area contributed by atoms with Crippen molar-refractivity contribution < 1.29 is 17.9 Å². The van der Waals surface area contributed by atoms with Gasteiger partial charge in [0.15, 0.2) is 0 Å². The minimum atomic E-state index is -4.00. The zero-order valence-electron chi connectivity index (χ0n) is 12.6. The third-order valence-electron chi connectivity index (χ3n) is 3.35. The van der Waals surface area contributed by atoms with Crippen LogP contribution in [0, 0.1) is 0 Å². The van der Waals surface area contributed by atoms with E-state index in [-0.39, 0.29) is 27.9 Å². The van der Waals surface area contributed by atoms with Crippen molar-refractivity contribution in [2.45, 2.75) is 11.8 Å². The minimum absolute atomic E-state index is 0.0583. The number of aromatic nitrogens is 2. The predicted molar refractivity (Wildman–Crippen MR) is 89.7 cm³/mol. The van der Waals surface area contributed by atoms with Gasteiger partial charge in [0, 0.05) is 0 Å². The summed E-state index contributed by atoms with van der Waals surface area (Å²) in [6.07, 6.45) is 0. The summed E-state index contributed by atoms with van der Waals surface area (Å²) in [5.41, 5.74) is 0.432. The molecule has 0 fully saturated rings. The van der Waals surface area contributed by atoms with Crippen molar-refractivity contribution in [2.24, 2.45) is 0 Å². The molecule has 0 amide bonds. The number of pyridine rings is 1. The number of hydrogen-bond donors (Lipinski definition) is 0. The van der Waals surface area contributed by atoms with Crippen LogP contribution in [0.2, 0.25) is 5.15 Å². The zero-order chi connectivity index (χ0) is 17.3. The van der Waals surface area contributed by atoms with Crippen molar-refractivity contribution in [1.29, 1.82) is 0 Å². The summed E-state index contributed by atoms with van der Waals surface area (Å²) in [6.45, 7) is 1.77. The lowest BCUT2D eigenvalue weighted by atomic mass is 10.4. The van der Waals surface area contributed by atoms with Crippen LogP contribution in [0.4, 0.5) is 0 Å². The van der Waals surface area contributed by atoms with Crippen molar-refractivity contribution in [2.75, 3.05) is 6.61 Å². The van der Waals surface area contributed by atoms with E-state index in [1.165, 1.54) is 30.3 Å². The second kappa shape index (κ2) is 6.26. The van der Waals surface area contributed by atoms with E-state index in [1.54, 1.807) is 25.1 Å². The Hall–Kier alpha value is -2.38. The van der Waals surface area contributed by atoms with Crippen LogP contribution in [0.3, 0.4) is 0 Å². The van der Waals surface area contributed by atoms with Gasteiger partial charge in [-0.3, -0.25) is 0 Å². The first-order valence-corrected chi connectivity index (χ1v) is 8.92. The molecule has 0 aliphatic heterocycles. The third kappa shape index (κ3) is 2.76. The van der Waals surface area contributed by atoms with E-state index in [2.05, 4.69) is 4.98 Å². The molecule has 3 rings (SSSR count). The first-order valence-electron chi connectivity index (χ1n) is 7.11. The number of hydrogen-bond acceptors (Lipinski definition) is 5. The molecular formula is C16H13ClN2O4S. The van der Waals surface area contributed by atoms with Crippen LogP contribution in [-0.4, -0.2) is 30.0 Å². The molecule has 0 bridgehead atoms. The molecule has 0 aliphatic carbocycles. The van der Waals surface area contributed by atoms with Gasteiger partial charge in [0.2, 0.25) is 0 Å². The molecule has 8 heteroatoms. The molecule has 0 saturated carbocycles. The standard InChI is InChI=1S/C16H13ClN2O4S/c1-2-23-16(20)14-10-12-13(8-9-15(17)18-12)19(14)24(21,22)11-6-4-3-5-7-11/h3-10H,2H2,1H3. The molecule has 6 nitrogen and oxygen atoms in total. The zero-order valence-corrected chi connectivity index (χ0v) is 14.2. The molecule has 0 radical (unpaired) electrons. The number of rotatable bonds is 4. The molecule has 24 heavy (non-hydrogen) atoms. The highest BCUT2D eigenvalue weighted by Crippen LogP contribution is 2.26. The highest BCUT2D eigenvalue weighted by Gasteiger charge is 2.27. The number of esters is 1. The number of carbonyl (C=O) groups is 1. The average molecular weight is 365 g/mol. The molecule has 0 aliphatic rings. The van der Waals surface area contributed by atoms with Crippen LogP contribution in [0.5, 0.6) is 0 Å². The summed E-state index contributed by atoms with van der Waals surface area (Å²) in [4.78, 5) is 16.4. The van der Waals surface area contributed by atoms with Crippen molar-refractivity contribution in [1.82, 2.24) is 8.96 Å². The summed E-state index contributed by atoms with van der Waals surface area (Å²) in [5.74, 6) is -0.744. The van der Waals surface area contributed by atoms with Gasteiger partial charge in [-0.15, -0.1) is 0 Å². The first-order chi connectivity index (χ1) is 11.4. The van der Waals surface area contributed by atoms with Gasteiger partial charge >= 0.3 is 5.97 Å². The van der Waals surface area contributed by atoms with E-state index in [0.717, 1.165) is 3.97 Å². The van der Waals surface area contributed by atoms with Gasteiger partial charge in [0.25, 0.3) is 10.0 Å². The number of ether oxygens (including phenoxy) is 1. The lowest BCUT2D eigenvalue weighted by Crippen LogP contribution is -2.19. The Labute approximate surface area is 143 Å². The van der Waals surface area contributed by atoms with Gasteiger partial charge in [0.1, 0.15) is 10.8 Å². The van der Waals surface area contributed by atoms with Crippen LogP contribution in [0.1, 0.15) is 17.4 Å². The Morgan fingerprint density at radius 2 is 1.92 bits per heavy atom. The SMILES string of the molecule is CCOC(=O)c1cc2nc(Cl)ccc2n1S(=O)(=O)c1ccccc1. The van der Waals surface area contributed by atoms with E-state index < -0.39 is 16.0 Å². The monoisotopic (exact) mass is 364 g/mol. The quantitative estimate of drug-likeness (QED) is 0.525. The van der Waals surface area contributed by atoms with E-state index in [0.29, 0.717) is 5.52 Å². The Morgan fingerprint density at radius 3 is 2.58 bits per heavy atom. The van der Waals surface area contributed by atoms with Crippen LogP contribution in [0.25, 0.3) is 11.0 Å². The number of halogens is 1. The van der Waals surface area contributed by atoms with E-state index in [9.17, 15) is 13.2 Å². The number of fused-ring (bicyclic) bond motifs is 1. The van der Waals surface area contributed by atoms with Crippen molar-refractivity contribution in [3.8, 4) is 0 Å². The Morgan fingerprint density at radius 1 is 1.21 bits per heavy atom. The second-order valence-corrected chi connectivity index (χ2v) is 7.04. The molecule has 124 valence electrons. The molecule has 0 saturated heterocycles. The lowest BCUT2D eigenvalue weighted by Gasteiger charge is -2.11. The number of carbonyl (C=O) groups excluding carboxylic acids is 1. The highest BCUT2D eigenvalue weighted by atomic mass is 35.5. The molecule has 0 atom stereocenters. The molecule has 2 aromatic heterocycles. The summed E-state index contributed by atoms with van der Waals surface area (Å²) < 4.78 is 32.0. The Balaban J connectivity index is 2.33. The predicted octanol–water partition coefficient (Wildman–Crippen LogP) is 3.10. The minimum Gasteiger partial charge on any atom is -0.461 e. The van der Waals surface area contributed by atoms with Gasteiger partial charge in [-0.05, 0) is 37.3 Å². The summed E-state index contributed by atoms with van der Waals surface area (Å²) in [5, 5.41) is 0.201. The van der Waals surface area contributed by atoms with Crippen molar-refractivity contribution >= 4 is 38.6 Å². The van der Waals surface area contributed by atoms with Gasteiger partial charge in [-0.25, -0.2) is 22.2 Å². The first kappa shape index (κ1) is 16.5. The number of benzene rings is 1. The number of nitrogens with zero attached hydrogens (tertiary/aromatic N) is 2. The third-order valence-corrected chi connectivity index (χ3v) is 5.30. The smallest absolute Gasteiger partial charge is 0.356 e. The molecule has 2 heterocycles. The molecule has 0 N–H and O–H groups in total. The van der Waals surface area contributed by atoms with Gasteiger partial charge in [0.05, 0.1) is 22.5 Å². The van der Waals surface area contributed by atoms with E-state index in [1.807, 2.05) is 0 Å². The molecule has 0 spiro atoms. The molecule has 0 unspecified atom stereocenters. The van der Waals surface area contributed by atoms with Gasteiger partial charge in [-0.2, -0.15) is 0 Å². The normalized spacial score (nSPS) is 11.6. The van der Waals surface area contributed by atoms with Crippen molar-refractivity contribution in [3.63, 3.8) is 0 Å². The summed E-state index contributed by atoms with van der Waals surface area (Å²) >= 11 is 5.87. The Kier molecular flexibility index (Phi) is 4.29. The summed E-state index contributed by atoms with van der Waals surface area (Å²) in [6, 6.07) is 12.2. The topological polar surface area (TPSA) is 78.3 Å². The summed E-state index contributed by atoms with van der Waals surface area (Å²) in [7, 11) is -4.00. The maximum absolute atomic E-state index is 13.0. The lowest BCUT2D eigenvalue weighted by molar-refractivity contribution is 0.0518. The van der Waals surface area contributed by atoms with E-state index >= 15 is 0 Å². The van der Waals surface area contributed by atoms with Crippen LogP contribution in [-0.2, 0) is 14.8 Å². The van der Waals surface area contributed by atoms with Crippen molar-refractivity contribution in [3.05, 3.63) is 59.4 Å². The highest BCUT2D eigenvalue weighted by molar-refractivity contribution is 7.90. The fourth-order valence-electron chi connectivity index (χ4n) is 2.34. The fraction of sp³-hybridized carbons (Fsp3) is 0.125. The second-order valence-electron chi connectivity index (χ2n) is 4.87. The largest absolute Gasteiger partial charge is 0.461 e. The molecule has 3 aromatic rings. The Bertz CT molecular complexity index is 1010. The van der Waals surface area contributed by atoms with Crippen LogP contribution >= 0.6 is 11.6 Å². The van der Waals surface area contributed by atoms with Gasteiger partial charge in [-0.1, -0.05) is 29.8 Å². The molecule has 1 aromatic carbocycles. The van der Waals surface area contributed by atoms with Crippen LogP contribution in [0.15, 0.2) is 53.4 Å². The maximum Gasteiger partial charge on any atom is 0.356 e. The van der Waals surface area contributed by atoms with Gasteiger partial charge < -0.3 is 4.74 Å². The van der Waals surface area contributed by atoms with Crippen LogP contribution < -0.4 is 0 Å². The fourth-order valence-corrected chi connectivity index (χ4v) is 4.01. The average Bonchev–Trinajstić information content (AvgIpc) is 2.95. The molecular weight excluding hydrogens is 352 g/mol.